The third-order valence-corrected chi connectivity index (χ3v) is 5.77. The smallest absolute Gasteiger partial charge is 0.260 e. The molecule has 106 valence electrons. The summed E-state index contributed by atoms with van der Waals surface area (Å²) in [6.07, 6.45) is 3.36. The van der Waals surface area contributed by atoms with Crippen LogP contribution in [0.3, 0.4) is 0 Å². The average Bonchev–Trinajstić information content (AvgIpc) is 2.41. The molecule has 1 aromatic heterocycles. The van der Waals surface area contributed by atoms with Crippen molar-refractivity contribution in [3.05, 3.63) is 23.9 Å². The van der Waals surface area contributed by atoms with Crippen molar-refractivity contribution in [1.82, 2.24) is 9.29 Å². The van der Waals surface area contributed by atoms with Gasteiger partial charge in [0.2, 0.25) is 0 Å². The zero-order valence-corrected chi connectivity index (χ0v) is 12.1. The van der Waals surface area contributed by atoms with Crippen LogP contribution in [0.4, 0.5) is 0 Å². The molecular weight excluding hydrogens is 264 g/mol. The highest BCUT2D eigenvalue weighted by atomic mass is 32.2. The Morgan fingerprint density at radius 2 is 2.16 bits per heavy atom. The van der Waals surface area contributed by atoms with Crippen molar-refractivity contribution in [2.45, 2.75) is 44.4 Å². The van der Waals surface area contributed by atoms with Crippen LogP contribution >= 0.6 is 0 Å². The van der Waals surface area contributed by atoms with E-state index >= 15 is 0 Å². The largest absolute Gasteiger partial charge is 0.392 e. The molecule has 2 atom stereocenters. The Morgan fingerprint density at radius 3 is 2.74 bits per heavy atom. The van der Waals surface area contributed by atoms with Crippen LogP contribution in [-0.2, 0) is 16.6 Å². The van der Waals surface area contributed by atoms with Crippen LogP contribution in [0.2, 0.25) is 0 Å². The lowest BCUT2D eigenvalue weighted by molar-refractivity contribution is 0.202. The highest BCUT2D eigenvalue weighted by molar-refractivity contribution is 7.89. The minimum atomic E-state index is -3.53. The molecular formula is C13H20N2O3S. The van der Waals surface area contributed by atoms with Crippen LogP contribution in [0, 0.1) is 5.92 Å². The van der Waals surface area contributed by atoms with Crippen molar-refractivity contribution in [3.8, 4) is 0 Å². The predicted molar refractivity (Wildman–Crippen MR) is 71.9 cm³/mol. The lowest BCUT2D eigenvalue weighted by Gasteiger charge is -2.36. The van der Waals surface area contributed by atoms with Gasteiger partial charge in [0.05, 0.1) is 6.61 Å². The molecule has 1 N–H and O–H groups in total. The van der Waals surface area contributed by atoms with Gasteiger partial charge in [-0.15, -0.1) is 0 Å². The van der Waals surface area contributed by atoms with E-state index in [2.05, 4.69) is 11.9 Å². The first-order valence-corrected chi connectivity index (χ1v) is 7.98. The van der Waals surface area contributed by atoms with Crippen molar-refractivity contribution in [2.75, 3.05) is 6.54 Å². The fourth-order valence-electron chi connectivity index (χ4n) is 2.41. The van der Waals surface area contributed by atoms with E-state index in [9.17, 15) is 8.42 Å². The molecule has 1 saturated heterocycles. The lowest BCUT2D eigenvalue weighted by atomic mass is 9.94. The van der Waals surface area contributed by atoms with E-state index < -0.39 is 10.0 Å². The number of hydrogen-bond acceptors (Lipinski definition) is 4. The van der Waals surface area contributed by atoms with Crippen LogP contribution in [0.15, 0.2) is 23.4 Å². The van der Waals surface area contributed by atoms with Crippen molar-refractivity contribution >= 4 is 10.0 Å². The Hall–Kier alpha value is -0.980. The van der Waals surface area contributed by atoms with E-state index in [4.69, 9.17) is 5.11 Å². The average molecular weight is 284 g/mol. The molecule has 0 aromatic carbocycles. The van der Waals surface area contributed by atoms with Crippen molar-refractivity contribution < 1.29 is 13.5 Å². The van der Waals surface area contributed by atoms with Gasteiger partial charge in [-0.1, -0.05) is 13.0 Å². The standard InChI is InChI=1S/C13H20N2O3S/c1-10-4-3-7-15(11(10)2)19(17,18)13-6-5-12(9-16)8-14-13/h5-6,8,10-11,16H,3-4,7,9H2,1-2H3. The Labute approximate surface area is 114 Å². The summed E-state index contributed by atoms with van der Waals surface area (Å²) in [5.74, 6) is 0.361. The summed E-state index contributed by atoms with van der Waals surface area (Å²) in [4.78, 5) is 3.97. The summed E-state index contributed by atoms with van der Waals surface area (Å²) < 4.78 is 26.6. The number of aliphatic hydroxyl groups excluding tert-OH is 1. The molecule has 0 bridgehead atoms. The molecule has 0 spiro atoms. The number of rotatable bonds is 3. The van der Waals surface area contributed by atoms with E-state index in [0.717, 1.165) is 12.8 Å². The molecule has 0 radical (unpaired) electrons. The van der Waals surface area contributed by atoms with E-state index in [-0.39, 0.29) is 17.7 Å². The number of piperidine rings is 1. The molecule has 0 amide bonds. The fraction of sp³-hybridized carbons (Fsp3) is 0.615. The maximum atomic E-state index is 12.5. The minimum absolute atomic E-state index is 0.00179. The van der Waals surface area contributed by atoms with Gasteiger partial charge in [0.1, 0.15) is 0 Å². The predicted octanol–water partition coefficient (Wildman–Crippen LogP) is 1.38. The summed E-state index contributed by atoms with van der Waals surface area (Å²) in [7, 11) is -3.53. The van der Waals surface area contributed by atoms with Crippen LogP contribution in [0.25, 0.3) is 0 Å². The zero-order chi connectivity index (χ0) is 14.0. The number of sulfonamides is 1. The van der Waals surface area contributed by atoms with Gasteiger partial charge in [0, 0.05) is 18.8 Å². The first kappa shape index (κ1) is 14.4. The number of hydrogen-bond donors (Lipinski definition) is 1. The third-order valence-electron chi connectivity index (χ3n) is 3.87. The molecule has 1 fully saturated rings. The van der Waals surface area contributed by atoms with Gasteiger partial charge in [-0.25, -0.2) is 13.4 Å². The topological polar surface area (TPSA) is 70.5 Å². The molecule has 1 aliphatic heterocycles. The Morgan fingerprint density at radius 1 is 1.42 bits per heavy atom. The molecule has 2 heterocycles. The summed E-state index contributed by atoms with van der Waals surface area (Å²) in [5.41, 5.74) is 0.610. The Balaban J connectivity index is 2.30. The van der Waals surface area contributed by atoms with E-state index in [1.54, 1.807) is 10.4 Å². The monoisotopic (exact) mass is 284 g/mol. The molecule has 1 aromatic rings. The first-order chi connectivity index (χ1) is 8.96. The summed E-state index contributed by atoms with van der Waals surface area (Å²) in [6, 6.07) is 3.06. The maximum absolute atomic E-state index is 12.5. The highest BCUT2D eigenvalue weighted by Crippen LogP contribution is 2.28. The minimum Gasteiger partial charge on any atom is -0.392 e. The van der Waals surface area contributed by atoms with Crippen molar-refractivity contribution in [3.63, 3.8) is 0 Å². The van der Waals surface area contributed by atoms with Crippen molar-refractivity contribution in [1.29, 1.82) is 0 Å². The molecule has 0 saturated carbocycles. The number of aromatic nitrogens is 1. The Bertz CT molecular complexity index is 527. The van der Waals surface area contributed by atoms with Crippen LogP contribution < -0.4 is 0 Å². The van der Waals surface area contributed by atoms with Crippen molar-refractivity contribution in [2.24, 2.45) is 5.92 Å². The molecule has 1 aliphatic rings. The van der Waals surface area contributed by atoms with Gasteiger partial charge in [-0.05, 0) is 37.3 Å². The fourth-order valence-corrected chi connectivity index (χ4v) is 4.10. The maximum Gasteiger partial charge on any atom is 0.260 e. The van der Waals surface area contributed by atoms with Gasteiger partial charge in [-0.3, -0.25) is 0 Å². The Kier molecular flexibility index (Phi) is 4.23. The van der Waals surface area contributed by atoms with E-state index in [0.29, 0.717) is 18.0 Å². The second-order valence-corrected chi connectivity index (χ2v) is 6.98. The SMILES string of the molecule is CC1CCCN(S(=O)(=O)c2ccc(CO)cn2)C1C. The quantitative estimate of drug-likeness (QED) is 0.910. The van der Waals surface area contributed by atoms with Crippen LogP contribution in [-0.4, -0.2) is 35.4 Å². The number of pyridine rings is 1. The number of aliphatic hydroxyl groups is 1. The second-order valence-electron chi connectivity index (χ2n) is 5.14. The summed E-state index contributed by atoms with van der Waals surface area (Å²) in [6.45, 7) is 4.44. The molecule has 2 rings (SSSR count). The first-order valence-electron chi connectivity index (χ1n) is 6.54. The molecule has 19 heavy (non-hydrogen) atoms. The van der Waals surface area contributed by atoms with Gasteiger partial charge in [0.25, 0.3) is 10.0 Å². The summed E-state index contributed by atoms with van der Waals surface area (Å²) in [5, 5.41) is 9.02. The van der Waals surface area contributed by atoms with Gasteiger partial charge in [0.15, 0.2) is 5.03 Å². The third kappa shape index (κ3) is 2.80. The highest BCUT2D eigenvalue weighted by Gasteiger charge is 2.35. The lowest BCUT2D eigenvalue weighted by Crippen LogP contribution is -2.46. The summed E-state index contributed by atoms with van der Waals surface area (Å²) >= 11 is 0. The van der Waals surface area contributed by atoms with E-state index in [1.165, 1.54) is 12.3 Å². The zero-order valence-electron chi connectivity index (χ0n) is 11.3. The van der Waals surface area contributed by atoms with Gasteiger partial charge in [-0.2, -0.15) is 4.31 Å². The molecule has 0 aliphatic carbocycles. The van der Waals surface area contributed by atoms with Gasteiger partial charge >= 0.3 is 0 Å². The van der Waals surface area contributed by atoms with Crippen LogP contribution in [0.1, 0.15) is 32.3 Å². The molecule has 2 unspecified atom stereocenters. The normalized spacial score (nSPS) is 25.4. The molecule has 5 nitrogen and oxygen atoms in total. The van der Waals surface area contributed by atoms with Crippen LogP contribution in [0.5, 0.6) is 0 Å². The number of nitrogens with zero attached hydrogens (tertiary/aromatic N) is 2. The van der Waals surface area contributed by atoms with E-state index in [1.807, 2.05) is 6.92 Å². The van der Waals surface area contributed by atoms with Gasteiger partial charge < -0.3 is 5.11 Å². The second kappa shape index (κ2) is 5.56. The molecule has 6 heteroatoms.